The fraction of sp³-hybridized carbons (Fsp3) is 0.143. The summed E-state index contributed by atoms with van der Waals surface area (Å²) in [6.07, 6.45) is 1.83. The van der Waals surface area contributed by atoms with Crippen LogP contribution in [0.4, 0.5) is 5.69 Å². The molecule has 0 aliphatic carbocycles. The van der Waals surface area contributed by atoms with Gasteiger partial charge in [0.05, 0.1) is 10.7 Å². The number of nitrogens with two attached hydrogens (primary N) is 1. The zero-order chi connectivity index (χ0) is 13.6. The molecule has 0 unspecified atom stereocenters. The van der Waals surface area contributed by atoms with E-state index in [-0.39, 0.29) is 0 Å². The summed E-state index contributed by atoms with van der Waals surface area (Å²) in [5.41, 5.74) is 10.4. The molecule has 3 aromatic rings. The average molecular weight is 273 g/mol. The number of aryl methyl sites for hydroxylation is 2. The maximum Gasteiger partial charge on any atom is 0.185 e. The van der Waals surface area contributed by atoms with Crippen molar-refractivity contribution in [3.63, 3.8) is 0 Å². The smallest absolute Gasteiger partial charge is 0.185 e. The van der Waals surface area contributed by atoms with E-state index in [1.807, 2.05) is 16.7 Å². The van der Waals surface area contributed by atoms with Crippen LogP contribution in [-0.4, -0.2) is 14.6 Å². The lowest BCUT2D eigenvalue weighted by Crippen LogP contribution is -1.95. The maximum atomic E-state index is 5.98. The van der Waals surface area contributed by atoms with Crippen LogP contribution in [-0.2, 0) is 0 Å². The van der Waals surface area contributed by atoms with Crippen LogP contribution >= 0.6 is 11.6 Å². The number of pyridine rings is 1. The third-order valence-electron chi connectivity index (χ3n) is 3.33. The number of nitrogen functional groups attached to an aromatic ring is 1. The Balaban J connectivity index is 2.26. The predicted molar refractivity (Wildman–Crippen MR) is 77.3 cm³/mol. The number of hydrogen-bond donors (Lipinski definition) is 1. The molecule has 0 bridgehead atoms. The molecule has 2 N–H and O–H groups in total. The molecule has 0 aliphatic rings. The minimum Gasteiger partial charge on any atom is -0.394 e. The second kappa shape index (κ2) is 4.24. The number of hydrogen-bond acceptors (Lipinski definition) is 3. The average Bonchev–Trinajstić information content (AvgIpc) is 2.82. The van der Waals surface area contributed by atoms with E-state index in [0.717, 1.165) is 11.4 Å². The molecule has 0 saturated heterocycles. The highest BCUT2D eigenvalue weighted by Gasteiger charge is 2.12. The standard InChI is InChI=1S/C14H13ClN4/c1-8-3-4-10(7-9(8)2)13-17-18-14-12(16)11(15)5-6-19(13)14/h3-7H,16H2,1-2H3. The van der Waals surface area contributed by atoms with Gasteiger partial charge in [0, 0.05) is 11.8 Å². The second-order valence-electron chi connectivity index (χ2n) is 4.59. The Hall–Kier alpha value is -2.07. The number of benzene rings is 1. The topological polar surface area (TPSA) is 56.2 Å². The summed E-state index contributed by atoms with van der Waals surface area (Å²) in [4.78, 5) is 0. The summed E-state index contributed by atoms with van der Waals surface area (Å²) in [5.74, 6) is 0.765. The minimum atomic E-state index is 0.451. The Bertz CT molecular complexity index is 776. The van der Waals surface area contributed by atoms with E-state index >= 15 is 0 Å². The van der Waals surface area contributed by atoms with Crippen LogP contribution in [0.2, 0.25) is 5.02 Å². The van der Waals surface area contributed by atoms with Gasteiger partial charge in [-0.2, -0.15) is 0 Å². The van der Waals surface area contributed by atoms with Crippen molar-refractivity contribution in [2.24, 2.45) is 0 Å². The molecular formula is C14H13ClN4. The van der Waals surface area contributed by atoms with Crippen LogP contribution in [0.15, 0.2) is 30.5 Å². The van der Waals surface area contributed by atoms with Crippen molar-refractivity contribution in [2.45, 2.75) is 13.8 Å². The highest BCUT2D eigenvalue weighted by atomic mass is 35.5. The molecule has 0 amide bonds. The first-order valence-electron chi connectivity index (χ1n) is 5.94. The lowest BCUT2D eigenvalue weighted by molar-refractivity contribution is 1.11. The molecule has 0 fully saturated rings. The Labute approximate surface area is 115 Å². The van der Waals surface area contributed by atoms with E-state index in [1.165, 1.54) is 11.1 Å². The van der Waals surface area contributed by atoms with Crippen LogP contribution in [0.25, 0.3) is 17.0 Å². The number of fused-ring (bicyclic) bond motifs is 1. The van der Waals surface area contributed by atoms with Crippen LogP contribution in [0.5, 0.6) is 0 Å². The van der Waals surface area contributed by atoms with Gasteiger partial charge in [-0.1, -0.05) is 23.7 Å². The van der Waals surface area contributed by atoms with Crippen LogP contribution in [0.3, 0.4) is 0 Å². The zero-order valence-electron chi connectivity index (χ0n) is 10.7. The fourth-order valence-electron chi connectivity index (χ4n) is 2.03. The molecule has 0 saturated carbocycles. The molecule has 19 heavy (non-hydrogen) atoms. The van der Waals surface area contributed by atoms with Gasteiger partial charge >= 0.3 is 0 Å². The summed E-state index contributed by atoms with van der Waals surface area (Å²) in [6.45, 7) is 4.16. The van der Waals surface area contributed by atoms with Gasteiger partial charge in [-0.3, -0.25) is 4.40 Å². The summed E-state index contributed by atoms with van der Waals surface area (Å²) in [7, 11) is 0. The van der Waals surface area contributed by atoms with Crippen molar-refractivity contribution < 1.29 is 0 Å². The second-order valence-corrected chi connectivity index (χ2v) is 5.00. The number of aromatic nitrogens is 3. The normalized spacial score (nSPS) is 11.1. The Morgan fingerprint density at radius 3 is 2.63 bits per heavy atom. The van der Waals surface area contributed by atoms with E-state index in [4.69, 9.17) is 17.3 Å². The molecule has 3 rings (SSSR count). The minimum absolute atomic E-state index is 0.451. The number of anilines is 1. The van der Waals surface area contributed by atoms with Gasteiger partial charge in [-0.25, -0.2) is 0 Å². The molecule has 2 aromatic heterocycles. The zero-order valence-corrected chi connectivity index (χ0v) is 11.4. The molecule has 5 heteroatoms. The van der Waals surface area contributed by atoms with Gasteiger partial charge in [0.25, 0.3) is 0 Å². The Morgan fingerprint density at radius 1 is 1.11 bits per heavy atom. The van der Waals surface area contributed by atoms with Crippen molar-refractivity contribution >= 4 is 22.9 Å². The maximum absolute atomic E-state index is 5.98. The van der Waals surface area contributed by atoms with E-state index in [2.05, 4.69) is 36.2 Å². The molecule has 96 valence electrons. The van der Waals surface area contributed by atoms with E-state index in [9.17, 15) is 0 Å². The van der Waals surface area contributed by atoms with Crippen LogP contribution in [0, 0.1) is 13.8 Å². The van der Waals surface area contributed by atoms with Gasteiger partial charge in [0.2, 0.25) is 0 Å². The first-order chi connectivity index (χ1) is 9.08. The van der Waals surface area contributed by atoms with Crippen molar-refractivity contribution in [1.82, 2.24) is 14.6 Å². The van der Waals surface area contributed by atoms with E-state index in [1.54, 1.807) is 6.07 Å². The van der Waals surface area contributed by atoms with Crippen molar-refractivity contribution in [2.75, 3.05) is 5.73 Å². The molecular weight excluding hydrogens is 260 g/mol. The highest BCUT2D eigenvalue weighted by molar-refractivity contribution is 6.33. The van der Waals surface area contributed by atoms with Crippen molar-refractivity contribution in [1.29, 1.82) is 0 Å². The van der Waals surface area contributed by atoms with Crippen LogP contribution < -0.4 is 5.73 Å². The quantitative estimate of drug-likeness (QED) is 0.740. The first-order valence-corrected chi connectivity index (χ1v) is 6.32. The fourth-order valence-corrected chi connectivity index (χ4v) is 2.17. The summed E-state index contributed by atoms with van der Waals surface area (Å²) in [5, 5.41) is 8.82. The van der Waals surface area contributed by atoms with Gasteiger partial charge < -0.3 is 5.73 Å². The monoisotopic (exact) mass is 272 g/mol. The van der Waals surface area contributed by atoms with E-state index < -0.39 is 0 Å². The molecule has 1 aromatic carbocycles. The largest absolute Gasteiger partial charge is 0.394 e. The van der Waals surface area contributed by atoms with Gasteiger partial charge in [0.1, 0.15) is 0 Å². The lowest BCUT2D eigenvalue weighted by atomic mass is 10.1. The van der Waals surface area contributed by atoms with Gasteiger partial charge in [0.15, 0.2) is 11.5 Å². The Kier molecular flexibility index (Phi) is 2.68. The Morgan fingerprint density at radius 2 is 1.89 bits per heavy atom. The third-order valence-corrected chi connectivity index (χ3v) is 3.66. The first kappa shape index (κ1) is 12.0. The molecule has 2 heterocycles. The number of nitrogens with zero attached hydrogens (tertiary/aromatic N) is 3. The van der Waals surface area contributed by atoms with Crippen molar-refractivity contribution in [3.8, 4) is 11.4 Å². The number of halogens is 1. The molecule has 0 atom stereocenters. The predicted octanol–water partition coefficient (Wildman–Crippen LogP) is 3.25. The van der Waals surface area contributed by atoms with Gasteiger partial charge in [-0.15, -0.1) is 10.2 Å². The number of rotatable bonds is 1. The SMILES string of the molecule is Cc1ccc(-c2nnc3c(N)c(Cl)ccn23)cc1C. The molecule has 0 spiro atoms. The third kappa shape index (κ3) is 1.85. The summed E-state index contributed by atoms with van der Waals surface area (Å²) in [6, 6.07) is 7.95. The summed E-state index contributed by atoms with van der Waals surface area (Å²) < 4.78 is 1.85. The van der Waals surface area contributed by atoms with E-state index in [0.29, 0.717) is 16.4 Å². The molecule has 4 nitrogen and oxygen atoms in total. The van der Waals surface area contributed by atoms with Crippen LogP contribution in [0.1, 0.15) is 11.1 Å². The van der Waals surface area contributed by atoms with Crippen molar-refractivity contribution in [3.05, 3.63) is 46.6 Å². The van der Waals surface area contributed by atoms with Gasteiger partial charge in [-0.05, 0) is 37.1 Å². The highest BCUT2D eigenvalue weighted by Crippen LogP contribution is 2.27. The molecule has 0 radical (unpaired) electrons. The summed E-state index contributed by atoms with van der Waals surface area (Å²) >= 11 is 5.98. The molecule has 0 aliphatic heterocycles. The lowest BCUT2D eigenvalue weighted by Gasteiger charge is -2.05.